The minimum atomic E-state index is -4.41. The van der Waals surface area contributed by atoms with Crippen molar-refractivity contribution >= 4 is 23.3 Å². The first-order valence-corrected chi connectivity index (χ1v) is 8.94. The lowest BCUT2D eigenvalue weighted by atomic mass is 9.81. The normalized spacial score (nSPS) is 19.9. The van der Waals surface area contributed by atoms with Crippen molar-refractivity contribution in [3.63, 3.8) is 0 Å². The molecule has 1 fully saturated rings. The van der Waals surface area contributed by atoms with Crippen molar-refractivity contribution in [1.82, 2.24) is 5.16 Å². The number of rotatable bonds is 4. The van der Waals surface area contributed by atoms with E-state index in [0.717, 1.165) is 12.1 Å². The van der Waals surface area contributed by atoms with Gasteiger partial charge in [-0.25, -0.2) is 0 Å². The third kappa shape index (κ3) is 4.90. The zero-order valence-corrected chi connectivity index (χ0v) is 15.2. The highest BCUT2D eigenvalue weighted by atomic mass is 19.4. The quantitative estimate of drug-likeness (QED) is 0.804. The van der Waals surface area contributed by atoms with Gasteiger partial charge in [0.05, 0.1) is 5.56 Å². The number of anilines is 2. The lowest BCUT2D eigenvalue weighted by molar-refractivity contribution is -0.137. The van der Waals surface area contributed by atoms with Gasteiger partial charge >= 0.3 is 6.18 Å². The summed E-state index contributed by atoms with van der Waals surface area (Å²) in [5.41, 5.74) is -0.446. The molecule has 0 aliphatic heterocycles. The molecule has 0 saturated heterocycles. The van der Waals surface area contributed by atoms with E-state index in [4.69, 9.17) is 4.52 Å². The number of aryl methyl sites for hydroxylation is 1. The Balaban J connectivity index is 1.49. The molecule has 150 valence electrons. The Morgan fingerprint density at radius 1 is 1.00 bits per heavy atom. The molecule has 2 aromatic rings. The summed E-state index contributed by atoms with van der Waals surface area (Å²) in [7, 11) is 0. The van der Waals surface area contributed by atoms with Crippen LogP contribution in [0.2, 0.25) is 0 Å². The van der Waals surface area contributed by atoms with Crippen LogP contribution in [0.5, 0.6) is 0 Å². The number of benzene rings is 1. The van der Waals surface area contributed by atoms with Crippen molar-refractivity contribution in [2.45, 2.75) is 38.8 Å². The van der Waals surface area contributed by atoms with Crippen LogP contribution in [0.25, 0.3) is 0 Å². The first kappa shape index (κ1) is 19.9. The fourth-order valence-electron chi connectivity index (χ4n) is 3.26. The van der Waals surface area contributed by atoms with Gasteiger partial charge in [-0.1, -0.05) is 5.16 Å². The van der Waals surface area contributed by atoms with Crippen molar-refractivity contribution < 1.29 is 27.3 Å². The zero-order valence-electron chi connectivity index (χ0n) is 15.2. The van der Waals surface area contributed by atoms with E-state index in [-0.39, 0.29) is 23.7 Å². The Hall–Kier alpha value is -2.84. The molecule has 6 nitrogen and oxygen atoms in total. The van der Waals surface area contributed by atoms with Crippen LogP contribution in [-0.2, 0) is 15.8 Å². The zero-order chi connectivity index (χ0) is 20.3. The third-order valence-electron chi connectivity index (χ3n) is 4.83. The maximum absolute atomic E-state index is 12.6. The summed E-state index contributed by atoms with van der Waals surface area (Å²) in [6.45, 7) is 1.73. The van der Waals surface area contributed by atoms with Gasteiger partial charge in [0.25, 0.3) is 0 Å². The number of amides is 2. The largest absolute Gasteiger partial charge is 0.416 e. The van der Waals surface area contributed by atoms with Crippen LogP contribution in [0.15, 0.2) is 34.9 Å². The van der Waals surface area contributed by atoms with Gasteiger partial charge in [0.2, 0.25) is 11.8 Å². The molecular formula is C19H20F3N3O3. The highest BCUT2D eigenvalue weighted by Gasteiger charge is 2.31. The van der Waals surface area contributed by atoms with Crippen molar-refractivity contribution in [1.29, 1.82) is 0 Å². The number of carbonyl (C=O) groups excluding carboxylic acids is 2. The molecule has 1 aliphatic carbocycles. The molecule has 3 rings (SSSR count). The predicted molar refractivity (Wildman–Crippen MR) is 95.4 cm³/mol. The van der Waals surface area contributed by atoms with Crippen LogP contribution < -0.4 is 10.6 Å². The number of nitrogens with one attached hydrogen (secondary N) is 2. The maximum atomic E-state index is 12.6. The Morgan fingerprint density at radius 2 is 1.54 bits per heavy atom. The van der Waals surface area contributed by atoms with Crippen LogP contribution in [0, 0.1) is 18.8 Å². The van der Waals surface area contributed by atoms with Gasteiger partial charge < -0.3 is 15.2 Å². The molecule has 0 bridgehead atoms. The van der Waals surface area contributed by atoms with E-state index in [1.807, 2.05) is 0 Å². The summed E-state index contributed by atoms with van der Waals surface area (Å²) < 4.78 is 42.7. The second kappa shape index (κ2) is 8.04. The van der Waals surface area contributed by atoms with Gasteiger partial charge in [-0.3, -0.25) is 9.59 Å². The molecule has 0 spiro atoms. The van der Waals surface area contributed by atoms with Gasteiger partial charge in [-0.2, -0.15) is 13.2 Å². The van der Waals surface area contributed by atoms with Crippen LogP contribution in [-0.4, -0.2) is 17.0 Å². The molecule has 0 radical (unpaired) electrons. The van der Waals surface area contributed by atoms with Crippen molar-refractivity contribution in [2.24, 2.45) is 11.8 Å². The minimum Gasteiger partial charge on any atom is -0.360 e. The predicted octanol–water partition coefficient (Wildman–Crippen LogP) is 4.39. The van der Waals surface area contributed by atoms with E-state index < -0.39 is 11.7 Å². The smallest absolute Gasteiger partial charge is 0.360 e. The van der Waals surface area contributed by atoms with E-state index in [9.17, 15) is 22.8 Å². The molecule has 0 atom stereocenters. The summed E-state index contributed by atoms with van der Waals surface area (Å²) in [5, 5.41) is 9.07. The average Bonchev–Trinajstić information content (AvgIpc) is 3.06. The molecular weight excluding hydrogens is 375 g/mol. The lowest BCUT2D eigenvalue weighted by Crippen LogP contribution is -2.32. The van der Waals surface area contributed by atoms with Crippen LogP contribution in [0.3, 0.4) is 0 Å². The molecule has 1 aromatic heterocycles. The van der Waals surface area contributed by atoms with Crippen LogP contribution >= 0.6 is 0 Å². The van der Waals surface area contributed by atoms with E-state index in [2.05, 4.69) is 15.8 Å². The fraction of sp³-hybridized carbons (Fsp3) is 0.421. The van der Waals surface area contributed by atoms with E-state index in [1.54, 1.807) is 13.0 Å². The van der Waals surface area contributed by atoms with Gasteiger partial charge in [0.1, 0.15) is 5.76 Å². The number of hydrogen-bond donors (Lipinski definition) is 2. The second-order valence-corrected chi connectivity index (χ2v) is 6.92. The first-order valence-electron chi connectivity index (χ1n) is 8.94. The number of alkyl halides is 3. The van der Waals surface area contributed by atoms with Crippen molar-refractivity contribution in [3.8, 4) is 0 Å². The molecule has 1 heterocycles. The van der Waals surface area contributed by atoms with Crippen molar-refractivity contribution in [2.75, 3.05) is 10.6 Å². The molecule has 1 aliphatic rings. The highest BCUT2D eigenvalue weighted by molar-refractivity contribution is 5.94. The number of hydrogen-bond acceptors (Lipinski definition) is 4. The maximum Gasteiger partial charge on any atom is 0.416 e. The van der Waals surface area contributed by atoms with Gasteiger partial charge in [0, 0.05) is 23.6 Å². The number of aromatic nitrogens is 1. The highest BCUT2D eigenvalue weighted by Crippen LogP contribution is 2.32. The summed E-state index contributed by atoms with van der Waals surface area (Å²) in [5.74, 6) is 0.0667. The first-order chi connectivity index (χ1) is 13.2. The Bertz CT molecular complexity index is 838. The molecule has 28 heavy (non-hydrogen) atoms. The van der Waals surface area contributed by atoms with Crippen LogP contribution in [0.4, 0.5) is 24.7 Å². The van der Waals surface area contributed by atoms with Crippen LogP contribution in [0.1, 0.15) is 37.0 Å². The Morgan fingerprint density at radius 3 is 2.00 bits per heavy atom. The van der Waals surface area contributed by atoms with E-state index in [1.165, 1.54) is 12.1 Å². The topological polar surface area (TPSA) is 84.2 Å². The minimum absolute atomic E-state index is 0.158. The lowest BCUT2D eigenvalue weighted by Gasteiger charge is -2.26. The SMILES string of the molecule is Cc1cc(NC(=O)C2CCC(C(=O)Nc3ccc(C(F)(F)F)cc3)CC2)no1. The monoisotopic (exact) mass is 395 g/mol. The van der Waals surface area contributed by atoms with Crippen molar-refractivity contribution in [3.05, 3.63) is 41.7 Å². The summed E-state index contributed by atoms with van der Waals surface area (Å²) >= 11 is 0. The molecule has 1 aromatic carbocycles. The molecule has 2 N–H and O–H groups in total. The summed E-state index contributed by atoms with van der Waals surface area (Å²) in [6.07, 6.45) is -2.25. The standard InChI is InChI=1S/C19H20F3N3O3/c1-11-10-16(25-28-11)24-18(27)13-4-2-12(3-5-13)17(26)23-15-8-6-14(7-9-15)19(20,21)22/h6-10,12-13H,2-5H2,1H3,(H,23,26)(H,24,25,27). The average molecular weight is 395 g/mol. The third-order valence-corrected chi connectivity index (χ3v) is 4.83. The van der Waals surface area contributed by atoms with E-state index >= 15 is 0 Å². The Kier molecular flexibility index (Phi) is 5.71. The molecule has 1 saturated carbocycles. The van der Waals surface area contributed by atoms with Gasteiger partial charge in [0.15, 0.2) is 5.82 Å². The van der Waals surface area contributed by atoms with Gasteiger partial charge in [-0.15, -0.1) is 0 Å². The molecule has 9 heteroatoms. The van der Waals surface area contributed by atoms with E-state index in [0.29, 0.717) is 42.9 Å². The second-order valence-electron chi connectivity index (χ2n) is 6.92. The summed E-state index contributed by atoms with van der Waals surface area (Å²) in [6, 6.07) is 5.96. The molecule has 0 unspecified atom stereocenters. The van der Waals surface area contributed by atoms with Gasteiger partial charge in [-0.05, 0) is 56.9 Å². The summed E-state index contributed by atoms with van der Waals surface area (Å²) in [4.78, 5) is 24.6. The number of nitrogens with zero attached hydrogens (tertiary/aromatic N) is 1. The Labute approximate surface area is 159 Å². The molecule has 2 amide bonds. The number of carbonyl (C=O) groups is 2. The number of halogens is 3. The fourth-order valence-corrected chi connectivity index (χ4v) is 3.26.